The fourth-order valence-corrected chi connectivity index (χ4v) is 1.67. The zero-order valence-corrected chi connectivity index (χ0v) is 10.0. The number of benzene rings is 2. The molecule has 0 N–H and O–H groups in total. The Bertz CT molecular complexity index is 519. The van der Waals surface area contributed by atoms with Crippen LogP contribution in [0.5, 0.6) is 0 Å². The Morgan fingerprint density at radius 1 is 0.706 bits per heavy atom. The summed E-state index contributed by atoms with van der Waals surface area (Å²) in [5.41, 5.74) is 3.75. The van der Waals surface area contributed by atoms with Gasteiger partial charge in [-0.3, -0.25) is 0 Å². The predicted molar refractivity (Wildman–Crippen MR) is 75.7 cm³/mol. The number of aryl methyl sites for hydroxylation is 1. The van der Waals surface area contributed by atoms with E-state index in [0.29, 0.717) is 0 Å². The highest BCUT2D eigenvalue weighted by atomic mass is 13.9. The first-order valence-electron chi connectivity index (χ1n) is 5.81. The molecule has 0 aliphatic carbocycles. The number of rotatable bonds is 3. The lowest BCUT2D eigenvalue weighted by atomic mass is 10.1. The smallest absolute Gasteiger partial charge is 0.0254 e. The van der Waals surface area contributed by atoms with Crippen molar-refractivity contribution in [3.63, 3.8) is 0 Å². The maximum Gasteiger partial charge on any atom is -0.0254 e. The molecule has 84 valence electrons. The van der Waals surface area contributed by atoms with Crippen LogP contribution in [0.15, 0.2) is 66.7 Å². The van der Waals surface area contributed by atoms with Crippen molar-refractivity contribution in [1.82, 2.24) is 0 Å². The number of hydrogen-bond acceptors (Lipinski definition) is 0. The fraction of sp³-hybridized carbons (Fsp3) is 0.0588. The highest BCUT2D eigenvalue weighted by Crippen LogP contribution is 2.06. The van der Waals surface area contributed by atoms with E-state index in [4.69, 9.17) is 0 Å². The first-order valence-corrected chi connectivity index (χ1v) is 5.81. The van der Waals surface area contributed by atoms with E-state index >= 15 is 0 Å². The number of hydrogen-bond donors (Lipinski definition) is 0. The Morgan fingerprint density at radius 2 is 1.35 bits per heavy atom. The van der Waals surface area contributed by atoms with E-state index in [1.807, 2.05) is 18.2 Å². The summed E-state index contributed by atoms with van der Waals surface area (Å²) in [5, 5.41) is 0. The average molecular weight is 220 g/mol. The molecule has 0 atom stereocenters. The molecule has 0 unspecified atom stereocenters. The Labute approximate surface area is 103 Å². The zero-order chi connectivity index (χ0) is 11.9. The van der Waals surface area contributed by atoms with Gasteiger partial charge in [0.05, 0.1) is 0 Å². The summed E-state index contributed by atoms with van der Waals surface area (Å²) in [6, 6.07) is 18.8. The SMILES string of the molecule is Cc1cccc(/C=C/C=C\c2ccccc2)c1. The summed E-state index contributed by atoms with van der Waals surface area (Å²) < 4.78 is 0. The molecule has 0 nitrogen and oxygen atoms in total. The van der Waals surface area contributed by atoms with Gasteiger partial charge in [0.15, 0.2) is 0 Å². The monoisotopic (exact) mass is 220 g/mol. The van der Waals surface area contributed by atoms with Gasteiger partial charge in [-0.25, -0.2) is 0 Å². The van der Waals surface area contributed by atoms with Gasteiger partial charge in [-0.15, -0.1) is 0 Å². The predicted octanol–water partition coefficient (Wildman–Crippen LogP) is 4.72. The van der Waals surface area contributed by atoms with Gasteiger partial charge < -0.3 is 0 Å². The van der Waals surface area contributed by atoms with Gasteiger partial charge in [0.1, 0.15) is 0 Å². The Balaban J connectivity index is 2.01. The molecule has 0 bridgehead atoms. The minimum Gasteiger partial charge on any atom is -0.0622 e. The second-order valence-corrected chi connectivity index (χ2v) is 4.04. The molecule has 0 aromatic heterocycles. The van der Waals surface area contributed by atoms with E-state index in [1.165, 1.54) is 16.7 Å². The largest absolute Gasteiger partial charge is 0.0622 e. The topological polar surface area (TPSA) is 0 Å². The van der Waals surface area contributed by atoms with Crippen molar-refractivity contribution >= 4 is 12.2 Å². The first-order chi connectivity index (χ1) is 8.34. The van der Waals surface area contributed by atoms with E-state index in [0.717, 1.165) is 0 Å². The molecule has 0 saturated carbocycles. The van der Waals surface area contributed by atoms with Crippen LogP contribution in [0.1, 0.15) is 16.7 Å². The van der Waals surface area contributed by atoms with Crippen LogP contribution in [0, 0.1) is 6.92 Å². The molecule has 0 amide bonds. The molecule has 2 aromatic rings. The summed E-state index contributed by atoms with van der Waals surface area (Å²) in [5.74, 6) is 0. The molecule has 0 heteroatoms. The van der Waals surface area contributed by atoms with Crippen LogP contribution in [-0.2, 0) is 0 Å². The summed E-state index contributed by atoms with van der Waals surface area (Å²) in [7, 11) is 0. The van der Waals surface area contributed by atoms with Crippen molar-refractivity contribution in [2.24, 2.45) is 0 Å². The van der Waals surface area contributed by atoms with Gasteiger partial charge >= 0.3 is 0 Å². The van der Waals surface area contributed by atoms with E-state index in [2.05, 4.69) is 67.6 Å². The lowest BCUT2D eigenvalue weighted by Crippen LogP contribution is -1.73. The Kier molecular flexibility index (Phi) is 3.93. The van der Waals surface area contributed by atoms with Crippen molar-refractivity contribution in [3.05, 3.63) is 83.4 Å². The van der Waals surface area contributed by atoms with Crippen LogP contribution in [0.3, 0.4) is 0 Å². The van der Waals surface area contributed by atoms with Crippen LogP contribution in [-0.4, -0.2) is 0 Å². The van der Waals surface area contributed by atoms with Gasteiger partial charge in [0, 0.05) is 0 Å². The Hall–Kier alpha value is -2.08. The molecular weight excluding hydrogens is 204 g/mol. The third-order valence-corrected chi connectivity index (χ3v) is 2.53. The van der Waals surface area contributed by atoms with E-state index in [-0.39, 0.29) is 0 Å². The lowest BCUT2D eigenvalue weighted by molar-refractivity contribution is 1.46. The molecule has 0 aliphatic heterocycles. The second-order valence-electron chi connectivity index (χ2n) is 4.04. The first kappa shape index (κ1) is 11.4. The highest BCUT2D eigenvalue weighted by Gasteiger charge is 1.85. The molecule has 0 fully saturated rings. The summed E-state index contributed by atoms with van der Waals surface area (Å²) >= 11 is 0. The molecular formula is C17H16. The quantitative estimate of drug-likeness (QED) is 0.656. The van der Waals surface area contributed by atoms with E-state index in [1.54, 1.807) is 0 Å². The van der Waals surface area contributed by atoms with E-state index < -0.39 is 0 Å². The van der Waals surface area contributed by atoms with Crippen LogP contribution in [0.2, 0.25) is 0 Å². The van der Waals surface area contributed by atoms with Gasteiger partial charge in [0.25, 0.3) is 0 Å². The number of allylic oxidation sites excluding steroid dienone is 2. The van der Waals surface area contributed by atoms with Gasteiger partial charge in [0.2, 0.25) is 0 Å². The minimum atomic E-state index is 1.22. The van der Waals surface area contributed by atoms with Crippen molar-refractivity contribution in [2.75, 3.05) is 0 Å². The van der Waals surface area contributed by atoms with Crippen LogP contribution in [0.4, 0.5) is 0 Å². The van der Waals surface area contributed by atoms with Crippen LogP contribution >= 0.6 is 0 Å². The zero-order valence-electron chi connectivity index (χ0n) is 10.0. The third-order valence-electron chi connectivity index (χ3n) is 2.53. The lowest BCUT2D eigenvalue weighted by Gasteiger charge is -1.94. The van der Waals surface area contributed by atoms with Gasteiger partial charge in [-0.2, -0.15) is 0 Å². The molecule has 17 heavy (non-hydrogen) atoms. The summed E-state index contributed by atoms with van der Waals surface area (Å²) in [6.07, 6.45) is 8.36. The standard InChI is InChI=1S/C17H16/c1-15-8-7-13-17(14-15)12-6-5-11-16-9-3-2-4-10-16/h2-14H,1H3/b11-5-,12-6+. The molecule has 0 spiro atoms. The molecule has 2 rings (SSSR count). The van der Waals surface area contributed by atoms with Gasteiger partial charge in [-0.1, -0.05) is 84.5 Å². The highest BCUT2D eigenvalue weighted by molar-refractivity contribution is 5.57. The third kappa shape index (κ3) is 3.76. The second kappa shape index (κ2) is 5.86. The maximum atomic E-state index is 2.17. The van der Waals surface area contributed by atoms with Crippen molar-refractivity contribution < 1.29 is 0 Å². The van der Waals surface area contributed by atoms with E-state index in [9.17, 15) is 0 Å². The van der Waals surface area contributed by atoms with Crippen LogP contribution in [0.25, 0.3) is 12.2 Å². The molecule has 0 radical (unpaired) electrons. The molecule has 0 aliphatic rings. The molecule has 0 saturated heterocycles. The average Bonchev–Trinajstić information content (AvgIpc) is 2.36. The normalized spacial score (nSPS) is 11.4. The minimum absolute atomic E-state index is 1.22. The van der Waals surface area contributed by atoms with Crippen molar-refractivity contribution in [1.29, 1.82) is 0 Å². The van der Waals surface area contributed by atoms with Crippen molar-refractivity contribution in [3.8, 4) is 0 Å². The summed E-state index contributed by atoms with van der Waals surface area (Å²) in [6.45, 7) is 2.11. The maximum absolute atomic E-state index is 2.17. The van der Waals surface area contributed by atoms with Crippen molar-refractivity contribution in [2.45, 2.75) is 6.92 Å². The molecule has 2 aromatic carbocycles. The molecule has 0 heterocycles. The summed E-state index contributed by atoms with van der Waals surface area (Å²) in [4.78, 5) is 0. The fourth-order valence-electron chi connectivity index (χ4n) is 1.67. The Morgan fingerprint density at radius 3 is 2.06 bits per heavy atom. The van der Waals surface area contributed by atoms with Crippen LogP contribution < -0.4 is 0 Å². The van der Waals surface area contributed by atoms with Gasteiger partial charge in [-0.05, 0) is 18.1 Å².